The average Bonchev–Trinajstić information content (AvgIpc) is 2.57. The third-order valence-corrected chi connectivity index (χ3v) is 5.23. The Morgan fingerprint density at radius 1 is 0.577 bits per heavy atom. The molecule has 0 aromatic heterocycles. The first-order valence-corrected chi connectivity index (χ1v) is 10.5. The topological polar surface area (TPSA) is 74.6 Å². The maximum atomic E-state index is 11.6. The molecule has 26 heavy (non-hydrogen) atoms. The van der Waals surface area contributed by atoms with Crippen LogP contribution in [0.15, 0.2) is 0 Å². The molecule has 0 spiro atoms. The Morgan fingerprint density at radius 2 is 0.846 bits per heavy atom. The molecule has 0 bridgehead atoms. The van der Waals surface area contributed by atoms with Crippen LogP contribution in [0.4, 0.5) is 0 Å². The van der Waals surface area contributed by atoms with Crippen LogP contribution in [-0.2, 0) is 9.59 Å². The number of hydrogen-bond donors (Lipinski definition) is 2. The molecule has 0 aliphatic heterocycles. The van der Waals surface area contributed by atoms with E-state index in [-0.39, 0.29) is 64.2 Å². The van der Waals surface area contributed by atoms with E-state index >= 15 is 0 Å². The Morgan fingerprint density at radius 3 is 1.15 bits per heavy atom. The van der Waals surface area contributed by atoms with Crippen molar-refractivity contribution in [3.05, 3.63) is 0 Å². The Kier molecular flexibility index (Phi) is 20.9. The normalized spacial score (nSPS) is 11.2. The number of carboxylic acid groups (broad SMARTS) is 2. The summed E-state index contributed by atoms with van der Waals surface area (Å²) in [5.41, 5.74) is -1.58. The molecule has 0 saturated carbocycles. The van der Waals surface area contributed by atoms with Gasteiger partial charge in [-0.2, -0.15) is 0 Å². The number of carbonyl (C=O) groups is 2. The molecule has 2 N–H and O–H groups in total. The summed E-state index contributed by atoms with van der Waals surface area (Å²) in [6.07, 6.45) is 15.9. The van der Waals surface area contributed by atoms with Crippen molar-refractivity contribution in [3.8, 4) is 0 Å². The van der Waals surface area contributed by atoms with Crippen LogP contribution < -0.4 is 0 Å². The summed E-state index contributed by atoms with van der Waals surface area (Å²) in [7, 11) is 0. The molecule has 0 aliphatic rings. The van der Waals surface area contributed by atoms with Gasteiger partial charge in [0.15, 0.2) is 5.41 Å². The Labute approximate surface area is 203 Å². The van der Waals surface area contributed by atoms with Crippen molar-refractivity contribution in [2.45, 2.75) is 117 Å². The molecule has 0 heterocycles. The molecule has 0 aromatic rings. The summed E-state index contributed by atoms with van der Waals surface area (Å²) in [5, 5.41) is 19.0. The average molecular weight is 397 g/mol. The van der Waals surface area contributed by atoms with Gasteiger partial charge in [0.25, 0.3) is 0 Å². The van der Waals surface area contributed by atoms with Gasteiger partial charge < -0.3 is 10.2 Å². The van der Waals surface area contributed by atoms with Gasteiger partial charge in [0.2, 0.25) is 0 Å². The van der Waals surface area contributed by atoms with Gasteiger partial charge in [-0.15, -0.1) is 0 Å². The number of carboxylic acids is 2. The second kappa shape index (κ2) is 18.9. The Hall–Kier alpha value is 0.576. The van der Waals surface area contributed by atoms with Crippen LogP contribution in [0.25, 0.3) is 0 Å². The van der Waals surface area contributed by atoms with Crippen molar-refractivity contribution < 1.29 is 19.8 Å². The Balaban J connectivity index is 0. The monoisotopic (exact) mass is 396 g/mol. The Bertz CT molecular complexity index is 344. The molecule has 5 heteroatoms. The number of aliphatic carboxylic acids is 2. The van der Waals surface area contributed by atoms with E-state index in [1.807, 2.05) is 0 Å². The molecular weight excluding hydrogens is 355 g/mol. The summed E-state index contributed by atoms with van der Waals surface area (Å²) in [6.45, 7) is 4.31. The van der Waals surface area contributed by atoms with E-state index in [1.165, 1.54) is 44.9 Å². The van der Waals surface area contributed by atoms with Gasteiger partial charge >= 0.3 is 63.3 Å². The zero-order valence-electron chi connectivity index (χ0n) is 16.5. The molecule has 0 saturated heterocycles. The molecule has 4 nitrogen and oxygen atoms in total. The molecule has 0 fully saturated rings. The van der Waals surface area contributed by atoms with Crippen molar-refractivity contribution >= 4 is 63.3 Å². The van der Waals surface area contributed by atoms with Crippen molar-refractivity contribution in [3.63, 3.8) is 0 Å². The van der Waals surface area contributed by atoms with E-state index < -0.39 is 17.4 Å². The molecular formula is C21H41KO4. The van der Waals surface area contributed by atoms with Gasteiger partial charge in [-0.3, -0.25) is 9.59 Å². The zero-order chi connectivity index (χ0) is 19.0. The summed E-state index contributed by atoms with van der Waals surface area (Å²) in [5.74, 6) is -2.32. The third kappa shape index (κ3) is 12.9. The summed E-state index contributed by atoms with van der Waals surface area (Å²) in [4.78, 5) is 23.3. The number of rotatable bonds is 18. The minimum absolute atomic E-state index is 0. The first-order chi connectivity index (χ1) is 12.0. The van der Waals surface area contributed by atoms with Crippen LogP contribution in [0.1, 0.15) is 117 Å². The molecule has 0 aromatic carbocycles. The van der Waals surface area contributed by atoms with E-state index in [4.69, 9.17) is 0 Å². The second-order valence-electron chi connectivity index (χ2n) is 7.44. The van der Waals surface area contributed by atoms with Crippen LogP contribution in [0, 0.1) is 5.41 Å². The standard InChI is InChI=1S/C21H40O4.K.H/c1-3-5-7-9-10-11-12-13-14-16-18-21(19(22)23,20(24)25)17-15-8-6-4-2;;/h3-18H2,1-2H3,(H,22,23)(H,24,25);;. The van der Waals surface area contributed by atoms with Gasteiger partial charge in [0.05, 0.1) is 0 Å². The molecule has 150 valence electrons. The van der Waals surface area contributed by atoms with Crippen LogP contribution in [0.3, 0.4) is 0 Å². The number of hydrogen-bond acceptors (Lipinski definition) is 2. The fourth-order valence-corrected chi connectivity index (χ4v) is 3.41. The molecule has 0 aliphatic carbocycles. The van der Waals surface area contributed by atoms with Gasteiger partial charge in [-0.05, 0) is 12.8 Å². The fraction of sp³-hybridized carbons (Fsp3) is 0.905. The van der Waals surface area contributed by atoms with E-state index in [2.05, 4.69) is 13.8 Å². The van der Waals surface area contributed by atoms with Crippen molar-refractivity contribution in [1.82, 2.24) is 0 Å². The van der Waals surface area contributed by atoms with Gasteiger partial charge in [0.1, 0.15) is 0 Å². The van der Waals surface area contributed by atoms with Crippen molar-refractivity contribution in [1.29, 1.82) is 0 Å². The van der Waals surface area contributed by atoms with E-state index in [0.717, 1.165) is 32.1 Å². The molecule has 0 rings (SSSR count). The molecule has 0 atom stereocenters. The fourth-order valence-electron chi connectivity index (χ4n) is 3.41. The number of unbranched alkanes of at least 4 members (excludes halogenated alkanes) is 12. The predicted octanol–water partition coefficient (Wildman–Crippen LogP) is 5.77. The minimum atomic E-state index is -1.58. The molecule has 0 radical (unpaired) electrons. The van der Waals surface area contributed by atoms with E-state index in [9.17, 15) is 19.8 Å². The van der Waals surface area contributed by atoms with Crippen LogP contribution >= 0.6 is 0 Å². The van der Waals surface area contributed by atoms with E-state index in [0.29, 0.717) is 12.8 Å². The molecule has 0 unspecified atom stereocenters. The van der Waals surface area contributed by atoms with E-state index in [1.54, 1.807) is 0 Å². The van der Waals surface area contributed by atoms with Crippen molar-refractivity contribution in [2.75, 3.05) is 0 Å². The predicted molar refractivity (Wildman–Crippen MR) is 110 cm³/mol. The maximum absolute atomic E-state index is 11.6. The van der Waals surface area contributed by atoms with Crippen LogP contribution in [0.2, 0.25) is 0 Å². The van der Waals surface area contributed by atoms with Gasteiger partial charge in [-0.1, -0.05) is 104 Å². The van der Waals surface area contributed by atoms with Crippen LogP contribution in [0.5, 0.6) is 0 Å². The summed E-state index contributed by atoms with van der Waals surface area (Å²) in [6, 6.07) is 0. The first-order valence-electron chi connectivity index (χ1n) is 10.5. The summed E-state index contributed by atoms with van der Waals surface area (Å²) < 4.78 is 0. The molecule has 0 amide bonds. The SMILES string of the molecule is CCCCCCCCCCCCC(CCCCCC)(C(=O)O)C(=O)O.[KH]. The third-order valence-electron chi connectivity index (χ3n) is 5.23. The summed E-state index contributed by atoms with van der Waals surface area (Å²) >= 11 is 0. The second-order valence-corrected chi connectivity index (χ2v) is 7.44. The van der Waals surface area contributed by atoms with Crippen LogP contribution in [-0.4, -0.2) is 73.5 Å². The quantitative estimate of drug-likeness (QED) is 0.175. The van der Waals surface area contributed by atoms with Gasteiger partial charge in [-0.25, -0.2) is 0 Å². The zero-order valence-corrected chi connectivity index (χ0v) is 16.5. The van der Waals surface area contributed by atoms with Crippen molar-refractivity contribution in [2.24, 2.45) is 5.41 Å². The van der Waals surface area contributed by atoms with Gasteiger partial charge in [0, 0.05) is 0 Å². The first kappa shape index (κ1) is 28.8.